The van der Waals surface area contributed by atoms with Crippen LogP contribution in [-0.4, -0.2) is 33.3 Å². The Morgan fingerprint density at radius 2 is 1.88 bits per heavy atom. The molecule has 0 bridgehead atoms. The number of aryl methyl sites for hydroxylation is 1. The van der Waals surface area contributed by atoms with Crippen LogP contribution in [0.1, 0.15) is 15.9 Å². The molecule has 1 amide bonds. The number of hydrogen-bond donors (Lipinski definition) is 1. The van der Waals surface area contributed by atoms with E-state index >= 15 is 0 Å². The van der Waals surface area contributed by atoms with Crippen molar-refractivity contribution in [3.8, 4) is 0 Å². The van der Waals surface area contributed by atoms with Gasteiger partial charge in [-0.25, -0.2) is 13.6 Å². The van der Waals surface area contributed by atoms with Gasteiger partial charge in [-0.2, -0.15) is 0 Å². The summed E-state index contributed by atoms with van der Waals surface area (Å²) in [5.41, 5.74) is 0.932. The van der Waals surface area contributed by atoms with E-state index in [9.17, 15) is 13.2 Å². The monoisotopic (exact) mass is 320 g/mol. The van der Waals surface area contributed by atoms with Crippen molar-refractivity contribution in [2.75, 3.05) is 14.1 Å². The zero-order valence-corrected chi connectivity index (χ0v) is 12.1. The van der Waals surface area contributed by atoms with E-state index in [4.69, 9.17) is 5.14 Å². The lowest BCUT2D eigenvalue weighted by Gasteiger charge is -2.13. The average molecular weight is 321 g/mol. The van der Waals surface area contributed by atoms with Crippen LogP contribution < -0.4 is 5.14 Å². The molecule has 0 aliphatic rings. The lowest BCUT2D eigenvalue weighted by atomic mass is 10.1. The first-order valence-electron chi connectivity index (χ1n) is 4.69. The fourth-order valence-corrected chi connectivity index (χ4v) is 2.93. The Morgan fingerprint density at radius 1 is 1.35 bits per heavy atom. The van der Waals surface area contributed by atoms with Gasteiger partial charge in [-0.3, -0.25) is 4.79 Å². The van der Waals surface area contributed by atoms with Gasteiger partial charge in [0.25, 0.3) is 5.91 Å². The second-order valence-electron chi connectivity index (χ2n) is 3.85. The van der Waals surface area contributed by atoms with Crippen LogP contribution in [0.2, 0.25) is 0 Å². The summed E-state index contributed by atoms with van der Waals surface area (Å²) < 4.78 is 23.1. The topological polar surface area (TPSA) is 80.5 Å². The molecule has 2 N–H and O–H groups in total. The van der Waals surface area contributed by atoms with E-state index in [1.165, 1.54) is 11.0 Å². The van der Waals surface area contributed by atoms with E-state index in [1.54, 1.807) is 27.1 Å². The van der Waals surface area contributed by atoms with E-state index in [0.29, 0.717) is 15.6 Å². The van der Waals surface area contributed by atoms with Gasteiger partial charge < -0.3 is 4.90 Å². The van der Waals surface area contributed by atoms with Crippen LogP contribution in [0.25, 0.3) is 0 Å². The molecule has 94 valence electrons. The van der Waals surface area contributed by atoms with Crippen molar-refractivity contribution in [2.24, 2.45) is 5.14 Å². The molecule has 7 heteroatoms. The fraction of sp³-hybridized carbons (Fsp3) is 0.300. The lowest BCUT2D eigenvalue weighted by Crippen LogP contribution is -2.23. The Kier molecular flexibility index (Phi) is 3.95. The first kappa shape index (κ1) is 14.1. The van der Waals surface area contributed by atoms with Crippen LogP contribution >= 0.6 is 15.9 Å². The molecule has 0 atom stereocenters. The van der Waals surface area contributed by atoms with Gasteiger partial charge in [0.15, 0.2) is 0 Å². The molecule has 0 aliphatic carbocycles. The lowest BCUT2D eigenvalue weighted by molar-refractivity contribution is 0.0827. The number of hydrogen-bond acceptors (Lipinski definition) is 3. The van der Waals surface area contributed by atoms with E-state index < -0.39 is 10.0 Å². The molecule has 0 aliphatic heterocycles. The number of rotatable bonds is 2. The number of nitrogens with zero attached hydrogens (tertiary/aromatic N) is 1. The number of amides is 1. The number of halogens is 1. The fourth-order valence-electron chi connectivity index (χ4n) is 1.33. The summed E-state index contributed by atoms with van der Waals surface area (Å²) in [4.78, 5) is 13.1. The van der Waals surface area contributed by atoms with Crippen LogP contribution in [0.15, 0.2) is 21.5 Å². The Bertz CT molecular complexity index is 567. The highest BCUT2D eigenvalue weighted by Gasteiger charge is 2.19. The van der Waals surface area contributed by atoms with E-state index in [2.05, 4.69) is 15.9 Å². The van der Waals surface area contributed by atoms with Crippen molar-refractivity contribution in [3.05, 3.63) is 27.7 Å². The maximum absolute atomic E-state index is 11.8. The van der Waals surface area contributed by atoms with Gasteiger partial charge in [0.2, 0.25) is 10.0 Å². The van der Waals surface area contributed by atoms with Crippen molar-refractivity contribution < 1.29 is 13.2 Å². The van der Waals surface area contributed by atoms with Crippen molar-refractivity contribution in [1.29, 1.82) is 0 Å². The van der Waals surface area contributed by atoms with Crippen LogP contribution in [0.5, 0.6) is 0 Å². The van der Waals surface area contributed by atoms with E-state index in [-0.39, 0.29) is 10.8 Å². The van der Waals surface area contributed by atoms with Crippen LogP contribution in [0.4, 0.5) is 0 Å². The molecule has 1 aromatic rings. The minimum Gasteiger partial charge on any atom is -0.345 e. The van der Waals surface area contributed by atoms with Gasteiger partial charge in [-0.1, -0.05) is 0 Å². The molecule has 0 unspecified atom stereocenters. The van der Waals surface area contributed by atoms with Crippen molar-refractivity contribution in [3.63, 3.8) is 0 Å². The summed E-state index contributed by atoms with van der Waals surface area (Å²) in [6, 6.07) is 2.88. The van der Waals surface area contributed by atoms with E-state index in [0.717, 1.165) is 0 Å². The van der Waals surface area contributed by atoms with Crippen LogP contribution in [0, 0.1) is 6.92 Å². The molecule has 0 radical (unpaired) electrons. The van der Waals surface area contributed by atoms with Gasteiger partial charge >= 0.3 is 0 Å². The van der Waals surface area contributed by atoms with E-state index in [1.807, 2.05) is 0 Å². The maximum atomic E-state index is 11.8. The quantitative estimate of drug-likeness (QED) is 0.886. The molecule has 17 heavy (non-hydrogen) atoms. The highest BCUT2D eigenvalue weighted by molar-refractivity contribution is 9.10. The zero-order valence-electron chi connectivity index (χ0n) is 9.69. The normalized spacial score (nSPS) is 11.4. The van der Waals surface area contributed by atoms with Crippen molar-refractivity contribution >= 4 is 31.9 Å². The summed E-state index contributed by atoms with van der Waals surface area (Å²) in [6.07, 6.45) is 0. The standard InChI is InChI=1S/C10H13BrN2O3S/c1-6-4-7(10(14)13(2)3)5-8(9(6)11)17(12,15)16/h4-5H,1-3H3,(H2,12,15,16). The third kappa shape index (κ3) is 3.05. The van der Waals surface area contributed by atoms with Crippen molar-refractivity contribution in [2.45, 2.75) is 11.8 Å². The third-order valence-corrected chi connectivity index (χ3v) is 4.43. The minimum absolute atomic E-state index is 0.0808. The molecule has 0 saturated carbocycles. The minimum atomic E-state index is -3.86. The second-order valence-corrected chi connectivity index (χ2v) is 6.17. The van der Waals surface area contributed by atoms with Gasteiger partial charge in [-0.15, -0.1) is 0 Å². The molecule has 0 saturated heterocycles. The number of nitrogens with two attached hydrogens (primary N) is 1. The Morgan fingerprint density at radius 3 is 2.29 bits per heavy atom. The number of benzene rings is 1. The van der Waals surface area contributed by atoms with Crippen LogP contribution in [0.3, 0.4) is 0 Å². The number of sulfonamides is 1. The predicted molar refractivity (Wildman–Crippen MR) is 68.3 cm³/mol. The summed E-state index contributed by atoms with van der Waals surface area (Å²) in [6.45, 7) is 1.70. The highest BCUT2D eigenvalue weighted by Crippen LogP contribution is 2.26. The SMILES string of the molecule is Cc1cc(C(=O)N(C)C)cc(S(N)(=O)=O)c1Br. The second kappa shape index (κ2) is 4.75. The molecule has 0 fully saturated rings. The first-order chi connectivity index (χ1) is 7.64. The average Bonchev–Trinajstić information content (AvgIpc) is 2.18. The molecule has 5 nitrogen and oxygen atoms in total. The summed E-state index contributed by atoms with van der Waals surface area (Å²) in [7, 11) is -0.668. The predicted octanol–water partition coefficient (Wildman–Crippen LogP) is 1.11. The zero-order chi connectivity index (χ0) is 13.4. The Labute approximate surface area is 109 Å². The first-order valence-corrected chi connectivity index (χ1v) is 7.03. The molecule has 0 spiro atoms. The summed E-state index contributed by atoms with van der Waals surface area (Å²) in [5.74, 6) is -0.273. The maximum Gasteiger partial charge on any atom is 0.253 e. The molecule has 1 rings (SSSR count). The summed E-state index contributed by atoms with van der Waals surface area (Å²) in [5, 5.41) is 5.09. The third-order valence-electron chi connectivity index (χ3n) is 2.18. The van der Waals surface area contributed by atoms with Gasteiger partial charge in [0.05, 0.1) is 4.90 Å². The molecule has 0 aromatic heterocycles. The Balaban J connectivity index is 3.50. The molecule has 1 aromatic carbocycles. The van der Waals surface area contributed by atoms with Gasteiger partial charge in [0, 0.05) is 24.1 Å². The smallest absolute Gasteiger partial charge is 0.253 e. The largest absolute Gasteiger partial charge is 0.345 e. The number of carbonyl (C=O) groups excluding carboxylic acids is 1. The van der Waals surface area contributed by atoms with Gasteiger partial charge in [0.1, 0.15) is 0 Å². The molecular formula is C10H13BrN2O3S. The van der Waals surface area contributed by atoms with Gasteiger partial charge in [-0.05, 0) is 40.5 Å². The molecular weight excluding hydrogens is 308 g/mol. The summed E-state index contributed by atoms with van der Waals surface area (Å²) >= 11 is 3.15. The number of carbonyl (C=O) groups is 1. The highest BCUT2D eigenvalue weighted by atomic mass is 79.9. The van der Waals surface area contributed by atoms with Crippen molar-refractivity contribution in [1.82, 2.24) is 4.90 Å². The number of primary sulfonamides is 1. The molecule has 0 heterocycles. The Hall–Kier alpha value is -0.920. The van der Waals surface area contributed by atoms with Crippen LogP contribution in [-0.2, 0) is 10.0 Å².